The Hall–Kier alpha value is -1.22. The molecule has 1 aromatic carbocycles. The largest absolute Gasteiger partial charge is 0.508 e. The Labute approximate surface area is 65.1 Å². The van der Waals surface area contributed by atoms with Gasteiger partial charge in [0.15, 0.2) is 5.75 Å². The molecule has 0 atom stereocenters. The van der Waals surface area contributed by atoms with Crippen LogP contribution in [0.15, 0.2) is 18.2 Å². The topological polar surface area (TPSA) is 38.7 Å². The van der Waals surface area contributed by atoms with Crippen LogP contribution < -0.4 is 4.89 Å². The Morgan fingerprint density at radius 1 is 1.36 bits per heavy atom. The average Bonchev–Trinajstić information content (AvgIpc) is 1.98. The monoisotopic (exact) mass is 154 g/mol. The number of phenols is 1. The van der Waals surface area contributed by atoms with E-state index in [0.717, 1.165) is 5.56 Å². The van der Waals surface area contributed by atoms with E-state index in [-0.39, 0.29) is 5.75 Å². The Kier molecular flexibility index (Phi) is 2.33. The van der Waals surface area contributed by atoms with Crippen LogP contribution in [-0.2, 0) is 4.89 Å². The number of rotatable bonds is 2. The van der Waals surface area contributed by atoms with Crippen LogP contribution >= 0.6 is 0 Å². The molecule has 60 valence electrons. The molecule has 0 aromatic heterocycles. The van der Waals surface area contributed by atoms with E-state index in [1.165, 1.54) is 7.11 Å². The van der Waals surface area contributed by atoms with Gasteiger partial charge in [-0.15, -0.1) is 0 Å². The average molecular weight is 154 g/mol. The Morgan fingerprint density at radius 2 is 2.09 bits per heavy atom. The van der Waals surface area contributed by atoms with Gasteiger partial charge in [-0.1, -0.05) is 0 Å². The van der Waals surface area contributed by atoms with Crippen LogP contribution in [0.3, 0.4) is 0 Å². The highest BCUT2D eigenvalue weighted by molar-refractivity contribution is 5.37. The smallest absolute Gasteiger partial charge is 0.165 e. The van der Waals surface area contributed by atoms with Gasteiger partial charge in [-0.3, -0.25) is 0 Å². The van der Waals surface area contributed by atoms with Crippen molar-refractivity contribution in [2.75, 3.05) is 7.11 Å². The summed E-state index contributed by atoms with van der Waals surface area (Å²) in [5.41, 5.74) is 0.763. The molecule has 1 rings (SSSR count). The van der Waals surface area contributed by atoms with E-state index in [2.05, 4.69) is 4.89 Å². The van der Waals surface area contributed by atoms with E-state index in [4.69, 9.17) is 9.99 Å². The number of hydrogen-bond acceptors (Lipinski definition) is 3. The molecule has 0 spiro atoms. The van der Waals surface area contributed by atoms with Crippen LogP contribution in [0.25, 0.3) is 0 Å². The van der Waals surface area contributed by atoms with Crippen molar-refractivity contribution >= 4 is 0 Å². The highest BCUT2D eigenvalue weighted by Crippen LogP contribution is 2.21. The molecule has 0 fully saturated rings. The number of aryl methyl sites for hydroxylation is 1. The summed E-state index contributed by atoms with van der Waals surface area (Å²) >= 11 is 0. The van der Waals surface area contributed by atoms with Crippen molar-refractivity contribution in [3.63, 3.8) is 0 Å². The Bertz CT molecular complexity index is 245. The van der Waals surface area contributed by atoms with E-state index in [1.807, 2.05) is 0 Å². The molecule has 0 saturated carbocycles. The summed E-state index contributed by atoms with van der Waals surface area (Å²) in [5, 5.41) is 9.12. The molecule has 1 aromatic rings. The van der Waals surface area contributed by atoms with Crippen LogP contribution in [0, 0.1) is 6.92 Å². The van der Waals surface area contributed by atoms with Crippen LogP contribution in [0.5, 0.6) is 11.5 Å². The van der Waals surface area contributed by atoms with E-state index < -0.39 is 0 Å². The van der Waals surface area contributed by atoms with Gasteiger partial charge >= 0.3 is 0 Å². The first kappa shape index (κ1) is 7.88. The summed E-state index contributed by atoms with van der Waals surface area (Å²) in [6.07, 6.45) is 0. The summed E-state index contributed by atoms with van der Waals surface area (Å²) in [7, 11) is 1.43. The second-order valence-corrected chi connectivity index (χ2v) is 2.20. The number of aromatic hydroxyl groups is 1. The minimum atomic E-state index is 0.258. The first-order chi connectivity index (χ1) is 5.24. The molecule has 0 saturated heterocycles. The summed E-state index contributed by atoms with van der Waals surface area (Å²) in [6, 6.07) is 4.88. The molecule has 0 unspecified atom stereocenters. The minimum Gasteiger partial charge on any atom is -0.508 e. The van der Waals surface area contributed by atoms with Gasteiger partial charge in [0.2, 0.25) is 0 Å². The van der Waals surface area contributed by atoms with Gasteiger partial charge in [0, 0.05) is 0 Å². The van der Waals surface area contributed by atoms with Gasteiger partial charge in [-0.25, -0.2) is 0 Å². The molecule has 0 heterocycles. The third-order valence-electron chi connectivity index (χ3n) is 1.35. The van der Waals surface area contributed by atoms with E-state index in [1.54, 1.807) is 25.1 Å². The zero-order chi connectivity index (χ0) is 8.27. The predicted molar refractivity (Wildman–Crippen MR) is 40.5 cm³/mol. The molecule has 1 N–H and O–H groups in total. The molecule has 3 nitrogen and oxygen atoms in total. The zero-order valence-electron chi connectivity index (χ0n) is 6.50. The lowest BCUT2D eigenvalue weighted by atomic mass is 10.2. The maximum atomic E-state index is 9.12. The van der Waals surface area contributed by atoms with Gasteiger partial charge in [-0.2, -0.15) is 4.89 Å². The molecule has 0 aliphatic carbocycles. The molecular weight excluding hydrogens is 144 g/mol. The summed E-state index contributed by atoms with van der Waals surface area (Å²) in [4.78, 5) is 9.17. The molecule has 0 amide bonds. The second-order valence-electron chi connectivity index (χ2n) is 2.20. The van der Waals surface area contributed by atoms with Crippen molar-refractivity contribution in [1.29, 1.82) is 0 Å². The van der Waals surface area contributed by atoms with Gasteiger partial charge in [0.25, 0.3) is 0 Å². The normalized spacial score (nSPS) is 9.64. The lowest BCUT2D eigenvalue weighted by Crippen LogP contribution is -1.90. The summed E-state index contributed by atoms with van der Waals surface area (Å²) in [6.45, 7) is 1.79. The van der Waals surface area contributed by atoms with Gasteiger partial charge in [-0.05, 0) is 30.7 Å². The van der Waals surface area contributed by atoms with Crippen molar-refractivity contribution < 1.29 is 14.9 Å². The predicted octanol–water partition coefficient (Wildman–Crippen LogP) is 1.64. The fourth-order valence-electron chi connectivity index (χ4n) is 0.776. The minimum absolute atomic E-state index is 0.258. The highest BCUT2D eigenvalue weighted by atomic mass is 17.2. The van der Waals surface area contributed by atoms with Crippen molar-refractivity contribution in [1.82, 2.24) is 0 Å². The van der Waals surface area contributed by atoms with E-state index in [9.17, 15) is 0 Å². The first-order valence-electron chi connectivity index (χ1n) is 3.24. The molecule has 3 heteroatoms. The second kappa shape index (κ2) is 3.25. The zero-order valence-corrected chi connectivity index (χ0v) is 6.50. The van der Waals surface area contributed by atoms with Crippen molar-refractivity contribution in [3.8, 4) is 11.5 Å². The highest BCUT2D eigenvalue weighted by Gasteiger charge is 1.97. The Balaban J connectivity index is 2.86. The third-order valence-corrected chi connectivity index (χ3v) is 1.35. The molecule has 0 aliphatic rings. The number of hydrogen-bond donors (Lipinski definition) is 1. The van der Waals surface area contributed by atoms with Gasteiger partial charge < -0.3 is 9.99 Å². The van der Waals surface area contributed by atoms with E-state index >= 15 is 0 Å². The fraction of sp³-hybridized carbons (Fsp3) is 0.250. The molecular formula is C8H10O3. The van der Waals surface area contributed by atoms with Crippen LogP contribution in [-0.4, -0.2) is 12.2 Å². The summed E-state index contributed by atoms with van der Waals surface area (Å²) < 4.78 is 0. The maximum absolute atomic E-state index is 9.12. The SMILES string of the molecule is COOc1ccc(O)c(C)c1. The summed E-state index contributed by atoms with van der Waals surface area (Å²) in [5.74, 6) is 0.844. The van der Waals surface area contributed by atoms with Crippen LogP contribution in [0.1, 0.15) is 5.56 Å². The van der Waals surface area contributed by atoms with Crippen LogP contribution in [0.4, 0.5) is 0 Å². The van der Waals surface area contributed by atoms with Gasteiger partial charge in [0.1, 0.15) is 5.75 Å². The number of phenolic OH excluding ortho intramolecular Hbond substituents is 1. The molecule has 0 aliphatic heterocycles. The Morgan fingerprint density at radius 3 is 2.64 bits per heavy atom. The lowest BCUT2D eigenvalue weighted by molar-refractivity contribution is -0.178. The quantitative estimate of drug-likeness (QED) is 0.520. The fourth-order valence-corrected chi connectivity index (χ4v) is 0.776. The third kappa shape index (κ3) is 1.85. The first-order valence-corrected chi connectivity index (χ1v) is 3.24. The van der Waals surface area contributed by atoms with Crippen molar-refractivity contribution in [2.45, 2.75) is 6.92 Å². The van der Waals surface area contributed by atoms with E-state index in [0.29, 0.717) is 5.75 Å². The molecule has 0 radical (unpaired) electrons. The number of benzene rings is 1. The molecule has 11 heavy (non-hydrogen) atoms. The van der Waals surface area contributed by atoms with Gasteiger partial charge in [0.05, 0.1) is 7.11 Å². The van der Waals surface area contributed by atoms with Crippen molar-refractivity contribution in [3.05, 3.63) is 23.8 Å². The van der Waals surface area contributed by atoms with Crippen molar-refractivity contribution in [2.24, 2.45) is 0 Å². The standard InChI is InChI=1S/C8H10O3/c1-6-5-7(11-10-2)3-4-8(6)9/h3-5,9H,1-2H3. The lowest BCUT2D eigenvalue weighted by Gasteiger charge is -2.02. The van der Waals surface area contributed by atoms with Crippen LogP contribution in [0.2, 0.25) is 0 Å². The molecule has 0 bridgehead atoms. The maximum Gasteiger partial charge on any atom is 0.165 e.